The number of aryl methyl sites for hydroxylation is 1. The Hall–Kier alpha value is -1.96. The normalized spacial score (nSPS) is 11.2. The van der Waals surface area contributed by atoms with Crippen LogP contribution in [0.4, 0.5) is 5.95 Å². The molecule has 110 valence electrons. The van der Waals surface area contributed by atoms with E-state index in [0.29, 0.717) is 11.6 Å². The molecular weight excluding hydrogens is 334 g/mol. The zero-order valence-corrected chi connectivity index (χ0v) is 13.7. The molecule has 8 heteroatoms. The lowest BCUT2D eigenvalue weighted by molar-refractivity contribution is 0.809. The van der Waals surface area contributed by atoms with Gasteiger partial charge < -0.3 is 5.32 Å². The molecule has 0 spiro atoms. The SMILES string of the molecule is CCCNc1nc(-n2nc(C)c(Br)c2C)c2cn[nH]c2n1. The third kappa shape index (κ3) is 2.39. The van der Waals surface area contributed by atoms with Crippen molar-refractivity contribution in [3.8, 4) is 5.82 Å². The van der Waals surface area contributed by atoms with Crippen LogP contribution in [0.2, 0.25) is 0 Å². The van der Waals surface area contributed by atoms with Crippen LogP contribution < -0.4 is 5.32 Å². The van der Waals surface area contributed by atoms with Gasteiger partial charge in [0.1, 0.15) is 0 Å². The standard InChI is InChI=1S/C13H16BrN7/c1-4-5-15-13-17-11-9(6-16-19-11)12(18-13)21-8(3)10(14)7(2)20-21/h6H,4-5H2,1-3H3,(H2,15,16,17,18,19). The molecule has 0 atom stereocenters. The number of hydrogen-bond donors (Lipinski definition) is 2. The van der Waals surface area contributed by atoms with E-state index in [9.17, 15) is 0 Å². The number of aromatic nitrogens is 6. The fourth-order valence-corrected chi connectivity index (χ4v) is 2.37. The van der Waals surface area contributed by atoms with E-state index in [2.05, 4.69) is 53.4 Å². The topological polar surface area (TPSA) is 84.3 Å². The van der Waals surface area contributed by atoms with Gasteiger partial charge in [0.25, 0.3) is 0 Å². The first-order valence-electron chi connectivity index (χ1n) is 6.79. The zero-order valence-electron chi connectivity index (χ0n) is 12.1. The molecule has 0 aromatic carbocycles. The molecule has 21 heavy (non-hydrogen) atoms. The second-order valence-corrected chi connectivity index (χ2v) is 5.62. The highest BCUT2D eigenvalue weighted by atomic mass is 79.9. The number of fused-ring (bicyclic) bond motifs is 1. The maximum atomic E-state index is 4.59. The van der Waals surface area contributed by atoms with Gasteiger partial charge in [0, 0.05) is 6.54 Å². The number of aromatic amines is 1. The van der Waals surface area contributed by atoms with E-state index in [-0.39, 0.29) is 0 Å². The smallest absolute Gasteiger partial charge is 0.226 e. The largest absolute Gasteiger partial charge is 0.354 e. The molecule has 0 saturated heterocycles. The summed E-state index contributed by atoms with van der Waals surface area (Å²) in [6.45, 7) is 6.87. The molecule has 0 aliphatic rings. The number of nitrogens with zero attached hydrogens (tertiary/aromatic N) is 5. The van der Waals surface area contributed by atoms with Gasteiger partial charge in [0.2, 0.25) is 5.95 Å². The highest BCUT2D eigenvalue weighted by Gasteiger charge is 2.16. The predicted octanol–water partition coefficient (Wildman–Crippen LogP) is 2.74. The molecule has 0 radical (unpaired) electrons. The highest BCUT2D eigenvalue weighted by molar-refractivity contribution is 9.10. The van der Waals surface area contributed by atoms with Crippen molar-refractivity contribution >= 4 is 32.9 Å². The Morgan fingerprint density at radius 3 is 2.81 bits per heavy atom. The van der Waals surface area contributed by atoms with Crippen LogP contribution in [0, 0.1) is 13.8 Å². The Morgan fingerprint density at radius 1 is 1.33 bits per heavy atom. The Labute approximate surface area is 130 Å². The van der Waals surface area contributed by atoms with Crippen LogP contribution in [-0.4, -0.2) is 36.5 Å². The summed E-state index contributed by atoms with van der Waals surface area (Å²) < 4.78 is 2.80. The molecule has 3 aromatic heterocycles. The summed E-state index contributed by atoms with van der Waals surface area (Å²) in [6.07, 6.45) is 2.73. The van der Waals surface area contributed by atoms with E-state index < -0.39 is 0 Å². The van der Waals surface area contributed by atoms with Gasteiger partial charge in [-0.05, 0) is 36.2 Å². The third-order valence-corrected chi connectivity index (χ3v) is 4.37. The Balaban J connectivity index is 2.19. The molecule has 0 unspecified atom stereocenters. The maximum absolute atomic E-state index is 4.59. The van der Waals surface area contributed by atoms with Gasteiger partial charge in [-0.3, -0.25) is 5.10 Å². The minimum Gasteiger partial charge on any atom is -0.354 e. The van der Waals surface area contributed by atoms with Crippen molar-refractivity contribution in [1.82, 2.24) is 29.9 Å². The monoisotopic (exact) mass is 349 g/mol. The van der Waals surface area contributed by atoms with E-state index in [1.165, 1.54) is 0 Å². The minimum atomic E-state index is 0.576. The fourth-order valence-electron chi connectivity index (χ4n) is 2.13. The molecule has 0 fully saturated rings. The van der Waals surface area contributed by atoms with Gasteiger partial charge in [0.15, 0.2) is 11.5 Å². The number of halogens is 1. The molecular formula is C13H16BrN7. The van der Waals surface area contributed by atoms with Crippen LogP contribution in [0.15, 0.2) is 10.7 Å². The molecule has 3 heterocycles. The molecule has 3 aromatic rings. The van der Waals surface area contributed by atoms with E-state index in [4.69, 9.17) is 0 Å². The van der Waals surface area contributed by atoms with Crippen LogP contribution in [0.25, 0.3) is 16.9 Å². The lowest BCUT2D eigenvalue weighted by Crippen LogP contribution is -2.09. The van der Waals surface area contributed by atoms with E-state index in [1.807, 2.05) is 18.5 Å². The fraction of sp³-hybridized carbons (Fsp3) is 0.385. The first-order chi connectivity index (χ1) is 10.1. The summed E-state index contributed by atoms with van der Waals surface area (Å²) in [5.74, 6) is 1.30. The van der Waals surface area contributed by atoms with Gasteiger partial charge in [-0.2, -0.15) is 20.2 Å². The lowest BCUT2D eigenvalue weighted by atomic mass is 10.3. The summed E-state index contributed by atoms with van der Waals surface area (Å²) in [6, 6.07) is 0. The lowest BCUT2D eigenvalue weighted by Gasteiger charge is -2.08. The van der Waals surface area contributed by atoms with Gasteiger partial charge >= 0.3 is 0 Å². The Bertz CT molecular complexity index is 789. The van der Waals surface area contributed by atoms with Gasteiger partial charge in [-0.15, -0.1) is 0 Å². The van der Waals surface area contributed by atoms with Crippen LogP contribution in [0.3, 0.4) is 0 Å². The number of nitrogens with one attached hydrogen (secondary N) is 2. The zero-order chi connectivity index (χ0) is 15.0. The van der Waals surface area contributed by atoms with Crippen molar-refractivity contribution in [3.05, 3.63) is 22.1 Å². The van der Waals surface area contributed by atoms with Crippen LogP contribution >= 0.6 is 15.9 Å². The van der Waals surface area contributed by atoms with Crippen LogP contribution in [0.1, 0.15) is 24.7 Å². The average Bonchev–Trinajstić information content (AvgIpc) is 3.04. The Kier molecular flexibility index (Phi) is 3.62. The van der Waals surface area contributed by atoms with Crippen molar-refractivity contribution in [2.45, 2.75) is 27.2 Å². The van der Waals surface area contributed by atoms with E-state index >= 15 is 0 Å². The summed E-state index contributed by atoms with van der Waals surface area (Å²) in [7, 11) is 0. The highest BCUT2D eigenvalue weighted by Crippen LogP contribution is 2.25. The van der Waals surface area contributed by atoms with Crippen molar-refractivity contribution in [2.75, 3.05) is 11.9 Å². The number of H-pyrrole nitrogens is 1. The molecule has 0 amide bonds. The first kappa shape index (κ1) is 14.0. The molecule has 3 rings (SSSR count). The average molecular weight is 350 g/mol. The van der Waals surface area contributed by atoms with Gasteiger partial charge in [-0.1, -0.05) is 6.92 Å². The minimum absolute atomic E-state index is 0.576. The van der Waals surface area contributed by atoms with Crippen molar-refractivity contribution < 1.29 is 0 Å². The molecule has 0 saturated carbocycles. The Morgan fingerprint density at radius 2 is 2.14 bits per heavy atom. The summed E-state index contributed by atoms with van der Waals surface area (Å²) in [5.41, 5.74) is 2.61. The molecule has 0 bridgehead atoms. The molecule has 0 aliphatic heterocycles. The predicted molar refractivity (Wildman–Crippen MR) is 84.8 cm³/mol. The molecule has 7 nitrogen and oxygen atoms in total. The molecule has 2 N–H and O–H groups in total. The summed E-state index contributed by atoms with van der Waals surface area (Å²) >= 11 is 3.55. The summed E-state index contributed by atoms with van der Waals surface area (Å²) in [4.78, 5) is 9.02. The second kappa shape index (κ2) is 5.44. The molecule has 0 aliphatic carbocycles. The van der Waals surface area contributed by atoms with Crippen molar-refractivity contribution in [3.63, 3.8) is 0 Å². The van der Waals surface area contributed by atoms with Crippen LogP contribution in [-0.2, 0) is 0 Å². The number of rotatable bonds is 4. The van der Waals surface area contributed by atoms with Crippen LogP contribution in [0.5, 0.6) is 0 Å². The second-order valence-electron chi connectivity index (χ2n) is 4.83. The quantitative estimate of drug-likeness (QED) is 0.756. The van der Waals surface area contributed by atoms with E-state index in [0.717, 1.165) is 40.0 Å². The summed E-state index contributed by atoms with van der Waals surface area (Å²) in [5, 5.41) is 15.5. The van der Waals surface area contributed by atoms with E-state index in [1.54, 1.807) is 6.20 Å². The maximum Gasteiger partial charge on any atom is 0.226 e. The van der Waals surface area contributed by atoms with Gasteiger partial charge in [-0.25, -0.2) is 4.68 Å². The number of anilines is 1. The third-order valence-electron chi connectivity index (χ3n) is 3.23. The van der Waals surface area contributed by atoms with Crippen molar-refractivity contribution in [1.29, 1.82) is 0 Å². The number of hydrogen-bond acceptors (Lipinski definition) is 5. The first-order valence-corrected chi connectivity index (χ1v) is 7.58. The van der Waals surface area contributed by atoms with Gasteiger partial charge in [0.05, 0.1) is 27.4 Å². The van der Waals surface area contributed by atoms with Crippen molar-refractivity contribution in [2.24, 2.45) is 0 Å².